The Bertz CT molecular complexity index is 1300. The standard InChI is InChI=1S/C17H9F2I4NO9S/c1-6(17(18,19)34(29,30)31)32-15(25)8-4-7(2-3-11(8)24(27)28)33-16(26)9-5-10(20)13(22)14(23)12(9)21/h2-6H,1H3,(H,29,30,31). The van der Waals surface area contributed by atoms with Gasteiger partial charge in [0, 0.05) is 26.4 Å². The molecular weight excluding hydrogens is 940 g/mol. The maximum absolute atomic E-state index is 13.7. The van der Waals surface area contributed by atoms with E-state index in [1.54, 1.807) is 6.07 Å². The van der Waals surface area contributed by atoms with Crippen molar-refractivity contribution in [2.45, 2.75) is 18.3 Å². The van der Waals surface area contributed by atoms with Gasteiger partial charge in [0.05, 0.1) is 10.5 Å². The van der Waals surface area contributed by atoms with Gasteiger partial charge in [-0.2, -0.15) is 17.2 Å². The van der Waals surface area contributed by atoms with Crippen LogP contribution in [0.25, 0.3) is 0 Å². The van der Waals surface area contributed by atoms with Gasteiger partial charge in [-0.05, 0) is 109 Å². The van der Waals surface area contributed by atoms with E-state index in [0.717, 1.165) is 28.9 Å². The van der Waals surface area contributed by atoms with Crippen LogP contribution in [0.3, 0.4) is 0 Å². The van der Waals surface area contributed by atoms with E-state index in [0.29, 0.717) is 10.5 Å². The highest BCUT2D eigenvalue weighted by molar-refractivity contribution is 14.1. The number of nitrogens with zero attached hydrogens (tertiary/aromatic N) is 1. The molecule has 184 valence electrons. The summed E-state index contributed by atoms with van der Waals surface area (Å²) in [5, 5.41) is 6.40. The number of ether oxygens (including phenoxy) is 2. The lowest BCUT2D eigenvalue weighted by molar-refractivity contribution is -0.385. The molecule has 0 amide bonds. The number of rotatable bonds is 7. The summed E-state index contributed by atoms with van der Waals surface area (Å²) in [7, 11) is -5.94. The second-order valence-electron chi connectivity index (χ2n) is 6.26. The summed E-state index contributed by atoms with van der Waals surface area (Å²) in [5.41, 5.74) is -1.58. The molecule has 0 bridgehead atoms. The fourth-order valence-corrected chi connectivity index (χ4v) is 6.02. The van der Waals surface area contributed by atoms with Crippen LogP contribution in [-0.4, -0.2) is 41.2 Å². The van der Waals surface area contributed by atoms with Crippen molar-refractivity contribution >= 4 is 118 Å². The molecule has 17 heteroatoms. The summed E-state index contributed by atoms with van der Waals surface area (Å²) in [6.45, 7) is 0.476. The molecule has 0 aliphatic rings. The Labute approximate surface area is 245 Å². The maximum atomic E-state index is 13.7. The lowest BCUT2D eigenvalue weighted by Gasteiger charge is -2.20. The molecular formula is C17H9F2I4NO9S. The summed E-state index contributed by atoms with van der Waals surface area (Å²) in [4.78, 5) is 35.3. The van der Waals surface area contributed by atoms with Gasteiger partial charge in [-0.3, -0.25) is 14.7 Å². The zero-order valence-corrected chi connectivity index (χ0v) is 25.7. The van der Waals surface area contributed by atoms with Crippen LogP contribution in [0.5, 0.6) is 5.75 Å². The molecule has 0 aliphatic carbocycles. The van der Waals surface area contributed by atoms with Gasteiger partial charge in [0.25, 0.3) is 5.69 Å². The van der Waals surface area contributed by atoms with E-state index in [9.17, 15) is 36.9 Å². The van der Waals surface area contributed by atoms with E-state index >= 15 is 0 Å². The molecule has 0 aliphatic heterocycles. The van der Waals surface area contributed by atoms with E-state index in [-0.39, 0.29) is 11.3 Å². The number of carbonyl (C=O) groups is 2. The van der Waals surface area contributed by atoms with Crippen molar-refractivity contribution in [3.8, 4) is 5.75 Å². The first kappa shape index (κ1) is 29.7. The molecule has 10 nitrogen and oxygen atoms in total. The number of nitro benzene ring substituents is 1. The molecule has 0 heterocycles. The van der Waals surface area contributed by atoms with Gasteiger partial charge in [-0.1, -0.05) is 0 Å². The highest BCUT2D eigenvalue weighted by Gasteiger charge is 2.52. The zero-order chi connectivity index (χ0) is 26.2. The molecule has 0 fully saturated rings. The van der Waals surface area contributed by atoms with Crippen LogP contribution in [0.4, 0.5) is 14.5 Å². The lowest BCUT2D eigenvalue weighted by Crippen LogP contribution is -2.42. The lowest BCUT2D eigenvalue weighted by atomic mass is 10.1. The van der Waals surface area contributed by atoms with E-state index in [1.807, 2.05) is 67.8 Å². The average Bonchev–Trinajstić information content (AvgIpc) is 2.73. The molecule has 34 heavy (non-hydrogen) atoms. The van der Waals surface area contributed by atoms with Crippen LogP contribution < -0.4 is 4.74 Å². The van der Waals surface area contributed by atoms with E-state index in [2.05, 4.69) is 27.3 Å². The van der Waals surface area contributed by atoms with Gasteiger partial charge in [0.1, 0.15) is 11.3 Å². The van der Waals surface area contributed by atoms with Gasteiger partial charge in [0.2, 0.25) is 0 Å². The third kappa shape index (κ3) is 6.42. The largest absolute Gasteiger partial charge is 0.451 e. The second-order valence-corrected chi connectivity index (χ2v) is 12.2. The quantitative estimate of drug-likeness (QED) is 0.0574. The van der Waals surface area contributed by atoms with Crippen molar-refractivity contribution in [2.24, 2.45) is 0 Å². The molecule has 2 aromatic carbocycles. The van der Waals surface area contributed by atoms with Gasteiger partial charge >= 0.3 is 27.3 Å². The van der Waals surface area contributed by atoms with Crippen LogP contribution in [-0.2, 0) is 14.9 Å². The highest BCUT2D eigenvalue weighted by Crippen LogP contribution is 2.32. The fourth-order valence-electron chi connectivity index (χ4n) is 2.29. The van der Waals surface area contributed by atoms with Crippen molar-refractivity contribution < 1.29 is 45.7 Å². The SMILES string of the molecule is CC(OC(=O)c1cc(OC(=O)c2cc(I)c(I)c(I)c2I)ccc1[N+](=O)[O-])C(F)(F)S(=O)(=O)O. The maximum Gasteiger partial charge on any atom is 0.405 e. The Balaban J connectivity index is 2.42. The summed E-state index contributed by atoms with van der Waals surface area (Å²) in [6.07, 6.45) is -2.70. The molecule has 2 aromatic rings. The number of hydrogen-bond donors (Lipinski definition) is 1. The van der Waals surface area contributed by atoms with Gasteiger partial charge < -0.3 is 9.47 Å². The number of esters is 2. The normalized spacial score (nSPS) is 12.7. The summed E-state index contributed by atoms with van der Waals surface area (Å²) in [6, 6.07) is 4.09. The van der Waals surface area contributed by atoms with E-state index in [1.165, 1.54) is 0 Å². The minimum atomic E-state index is -5.94. The Morgan fingerprint density at radius 2 is 1.65 bits per heavy atom. The number of halogens is 6. The van der Waals surface area contributed by atoms with Crippen molar-refractivity contribution in [3.63, 3.8) is 0 Å². The van der Waals surface area contributed by atoms with Gasteiger partial charge in [0.15, 0.2) is 6.10 Å². The number of nitro groups is 1. The van der Waals surface area contributed by atoms with Crippen molar-refractivity contribution in [1.82, 2.24) is 0 Å². The first-order chi connectivity index (χ1) is 15.5. The van der Waals surface area contributed by atoms with Gasteiger partial charge in [-0.15, -0.1) is 0 Å². The molecule has 0 radical (unpaired) electrons. The predicted molar refractivity (Wildman–Crippen MR) is 147 cm³/mol. The minimum Gasteiger partial charge on any atom is -0.451 e. The Hall–Kier alpha value is -0.530. The first-order valence-electron chi connectivity index (χ1n) is 8.38. The number of carbonyl (C=O) groups excluding carboxylic acids is 2. The summed E-state index contributed by atoms with van der Waals surface area (Å²) < 4.78 is 70.3. The number of alkyl halides is 2. The highest BCUT2D eigenvalue weighted by atomic mass is 127. The smallest absolute Gasteiger partial charge is 0.405 e. The fraction of sp³-hybridized carbons (Fsp3) is 0.176. The third-order valence-corrected chi connectivity index (χ3v) is 12.3. The second kappa shape index (κ2) is 11.2. The van der Waals surface area contributed by atoms with Crippen LogP contribution >= 0.6 is 90.4 Å². The zero-order valence-electron chi connectivity index (χ0n) is 16.2. The van der Waals surface area contributed by atoms with Crippen molar-refractivity contribution in [2.75, 3.05) is 0 Å². The van der Waals surface area contributed by atoms with Crippen LogP contribution in [0.1, 0.15) is 27.6 Å². The van der Waals surface area contributed by atoms with E-state index in [4.69, 9.17) is 9.29 Å². The molecule has 2 rings (SSSR count). The summed E-state index contributed by atoms with van der Waals surface area (Å²) >= 11 is 8.12. The number of benzene rings is 2. The predicted octanol–water partition coefficient (Wildman–Crippen LogP) is 5.26. The molecule has 1 unspecified atom stereocenters. The Morgan fingerprint density at radius 1 is 1.06 bits per heavy atom. The number of hydrogen-bond acceptors (Lipinski definition) is 8. The third-order valence-electron chi connectivity index (χ3n) is 4.02. The van der Waals surface area contributed by atoms with Crippen molar-refractivity contribution in [1.29, 1.82) is 0 Å². The Kier molecular flexibility index (Phi) is 9.82. The Morgan fingerprint density at radius 3 is 2.18 bits per heavy atom. The molecule has 1 N–H and O–H groups in total. The average molecular weight is 949 g/mol. The van der Waals surface area contributed by atoms with Crippen LogP contribution in [0.2, 0.25) is 0 Å². The molecule has 1 atom stereocenters. The monoisotopic (exact) mass is 949 g/mol. The molecule has 0 spiro atoms. The summed E-state index contributed by atoms with van der Waals surface area (Å²) in [5.74, 6) is -2.89. The van der Waals surface area contributed by atoms with Crippen LogP contribution in [0.15, 0.2) is 24.3 Å². The minimum absolute atomic E-state index is 0.179. The topological polar surface area (TPSA) is 150 Å². The van der Waals surface area contributed by atoms with Gasteiger partial charge in [-0.25, -0.2) is 9.59 Å². The molecule has 0 aromatic heterocycles. The van der Waals surface area contributed by atoms with E-state index < -0.39 is 49.6 Å². The molecule has 0 saturated carbocycles. The first-order valence-corrected chi connectivity index (χ1v) is 14.1. The molecule has 0 saturated heterocycles. The van der Waals surface area contributed by atoms with Crippen LogP contribution in [0, 0.1) is 24.4 Å². The van der Waals surface area contributed by atoms with Crippen molar-refractivity contribution in [3.05, 3.63) is 59.8 Å².